The van der Waals surface area contributed by atoms with Gasteiger partial charge in [0.05, 0.1) is 18.2 Å². The topological polar surface area (TPSA) is 40.5 Å². The van der Waals surface area contributed by atoms with Gasteiger partial charge >= 0.3 is 0 Å². The minimum atomic E-state index is -0.739. The van der Waals surface area contributed by atoms with Crippen LogP contribution in [0.4, 0.5) is 8.78 Å². The van der Waals surface area contributed by atoms with Crippen molar-refractivity contribution in [2.75, 3.05) is 13.2 Å². The number of carbonyl (C=O) groups is 1. The van der Waals surface area contributed by atoms with Crippen LogP contribution in [0.15, 0.2) is 18.2 Å². The van der Waals surface area contributed by atoms with E-state index >= 15 is 0 Å². The van der Waals surface area contributed by atoms with Gasteiger partial charge in [0.1, 0.15) is 11.6 Å². The van der Waals surface area contributed by atoms with Crippen LogP contribution < -0.4 is 0 Å². The average molecular weight is 283 g/mol. The maximum atomic E-state index is 13.7. The Labute approximate surface area is 117 Å². The fourth-order valence-corrected chi connectivity index (χ4v) is 2.63. The number of piperidine rings is 1. The summed E-state index contributed by atoms with van der Waals surface area (Å²) in [6.45, 7) is 4.29. The molecule has 1 saturated heterocycles. The highest BCUT2D eigenvalue weighted by atomic mass is 19.1. The van der Waals surface area contributed by atoms with E-state index in [2.05, 4.69) is 0 Å². The van der Waals surface area contributed by atoms with E-state index in [1.54, 1.807) is 0 Å². The number of halogens is 2. The van der Waals surface area contributed by atoms with Gasteiger partial charge in [0.2, 0.25) is 0 Å². The minimum absolute atomic E-state index is 0.0921. The number of aliphatic hydroxyl groups excluding tert-OH is 1. The first-order chi connectivity index (χ1) is 9.34. The molecule has 110 valence electrons. The third-order valence-corrected chi connectivity index (χ3v) is 3.82. The van der Waals surface area contributed by atoms with Crippen LogP contribution >= 0.6 is 0 Å². The van der Waals surface area contributed by atoms with Crippen molar-refractivity contribution in [2.24, 2.45) is 5.41 Å². The van der Waals surface area contributed by atoms with Crippen LogP contribution in [0, 0.1) is 17.0 Å². The van der Waals surface area contributed by atoms with Gasteiger partial charge in [-0.3, -0.25) is 4.79 Å². The van der Waals surface area contributed by atoms with Crippen LogP contribution in [-0.2, 0) is 0 Å². The second-order valence-electron chi connectivity index (χ2n) is 6.10. The van der Waals surface area contributed by atoms with Gasteiger partial charge in [0.25, 0.3) is 5.91 Å². The van der Waals surface area contributed by atoms with Crippen LogP contribution in [0.1, 0.15) is 37.0 Å². The third kappa shape index (κ3) is 2.98. The van der Waals surface area contributed by atoms with Crippen LogP contribution in [0.5, 0.6) is 0 Å². The predicted octanol–water partition coefficient (Wildman–Crippen LogP) is 2.59. The van der Waals surface area contributed by atoms with E-state index in [1.165, 1.54) is 4.90 Å². The number of rotatable bonds is 2. The molecule has 1 N–H and O–H groups in total. The third-order valence-electron chi connectivity index (χ3n) is 3.82. The first-order valence-electron chi connectivity index (χ1n) is 6.71. The normalized spacial score (nSPS) is 21.9. The quantitative estimate of drug-likeness (QED) is 0.906. The Morgan fingerprint density at radius 2 is 2.15 bits per heavy atom. The van der Waals surface area contributed by atoms with Crippen molar-refractivity contribution < 1.29 is 18.7 Å². The molecular formula is C15H19F2NO2. The number of amides is 1. The van der Waals surface area contributed by atoms with Gasteiger partial charge < -0.3 is 10.0 Å². The molecule has 2 rings (SSSR count). The Balaban J connectivity index is 2.31. The summed E-state index contributed by atoms with van der Waals surface area (Å²) >= 11 is 0. The summed E-state index contributed by atoms with van der Waals surface area (Å²) in [4.78, 5) is 13.9. The molecule has 0 spiro atoms. The smallest absolute Gasteiger partial charge is 0.257 e. The molecule has 1 aromatic carbocycles. The van der Waals surface area contributed by atoms with E-state index < -0.39 is 17.5 Å². The summed E-state index contributed by atoms with van der Waals surface area (Å²) in [5.74, 6) is -1.95. The molecule has 1 aliphatic heterocycles. The molecule has 1 atom stereocenters. The maximum Gasteiger partial charge on any atom is 0.257 e. The number of likely N-dealkylation sites (tertiary alicyclic amines) is 1. The van der Waals surface area contributed by atoms with Crippen molar-refractivity contribution in [3.05, 3.63) is 35.4 Å². The van der Waals surface area contributed by atoms with Crippen molar-refractivity contribution in [3.8, 4) is 0 Å². The number of aliphatic hydroxyl groups is 1. The highest BCUT2D eigenvalue weighted by molar-refractivity contribution is 5.94. The summed E-state index contributed by atoms with van der Waals surface area (Å²) in [6.07, 6.45) is 1.54. The highest BCUT2D eigenvalue weighted by Crippen LogP contribution is 2.33. The van der Waals surface area contributed by atoms with Crippen molar-refractivity contribution in [1.82, 2.24) is 4.90 Å². The summed E-state index contributed by atoms with van der Waals surface area (Å²) in [6, 6.07) is 2.51. The maximum absolute atomic E-state index is 13.7. The van der Waals surface area contributed by atoms with E-state index in [0.717, 1.165) is 24.6 Å². The van der Waals surface area contributed by atoms with Crippen molar-refractivity contribution in [3.63, 3.8) is 0 Å². The Morgan fingerprint density at radius 1 is 1.45 bits per heavy atom. The SMILES string of the molecule is CC1(C)CCC(CO)N(C(=O)c2cc(F)ccc2F)C1. The molecule has 20 heavy (non-hydrogen) atoms. The molecule has 1 aromatic rings. The Kier molecular flexibility index (Phi) is 4.09. The van der Waals surface area contributed by atoms with Crippen LogP contribution in [-0.4, -0.2) is 35.1 Å². The number of hydrogen-bond donors (Lipinski definition) is 1. The van der Waals surface area contributed by atoms with E-state index in [1.807, 2.05) is 13.8 Å². The Morgan fingerprint density at radius 3 is 2.80 bits per heavy atom. The molecule has 1 fully saturated rings. The van der Waals surface area contributed by atoms with Crippen molar-refractivity contribution in [1.29, 1.82) is 0 Å². The summed E-state index contributed by atoms with van der Waals surface area (Å²) < 4.78 is 26.9. The number of nitrogens with zero attached hydrogens (tertiary/aromatic N) is 1. The molecule has 1 aliphatic rings. The molecule has 0 bridgehead atoms. The fraction of sp³-hybridized carbons (Fsp3) is 0.533. The van der Waals surface area contributed by atoms with Crippen molar-refractivity contribution in [2.45, 2.75) is 32.7 Å². The summed E-state index contributed by atoms with van der Waals surface area (Å²) in [7, 11) is 0. The second kappa shape index (κ2) is 5.48. The lowest BCUT2D eigenvalue weighted by Crippen LogP contribution is -2.51. The van der Waals surface area contributed by atoms with E-state index in [0.29, 0.717) is 13.0 Å². The largest absolute Gasteiger partial charge is 0.394 e. The Bertz CT molecular complexity index is 517. The van der Waals surface area contributed by atoms with Crippen LogP contribution in [0.25, 0.3) is 0 Å². The van der Waals surface area contributed by atoms with Gasteiger partial charge in [0, 0.05) is 6.54 Å². The summed E-state index contributed by atoms with van der Waals surface area (Å²) in [5, 5.41) is 9.39. The zero-order valence-corrected chi connectivity index (χ0v) is 11.7. The molecule has 5 heteroatoms. The average Bonchev–Trinajstić information content (AvgIpc) is 2.40. The lowest BCUT2D eigenvalue weighted by Gasteiger charge is -2.43. The first-order valence-corrected chi connectivity index (χ1v) is 6.71. The summed E-state index contributed by atoms with van der Waals surface area (Å²) in [5.41, 5.74) is -0.369. The van der Waals surface area contributed by atoms with Gasteiger partial charge in [0.15, 0.2) is 0 Å². The van der Waals surface area contributed by atoms with Crippen molar-refractivity contribution >= 4 is 5.91 Å². The first kappa shape index (κ1) is 14.9. The molecule has 0 saturated carbocycles. The second-order valence-corrected chi connectivity index (χ2v) is 6.10. The molecule has 1 amide bonds. The minimum Gasteiger partial charge on any atom is -0.394 e. The molecule has 1 unspecified atom stereocenters. The predicted molar refractivity (Wildman–Crippen MR) is 71.3 cm³/mol. The monoisotopic (exact) mass is 283 g/mol. The number of benzene rings is 1. The highest BCUT2D eigenvalue weighted by Gasteiger charge is 2.36. The molecule has 1 heterocycles. The van der Waals surface area contributed by atoms with Gasteiger partial charge in [-0.2, -0.15) is 0 Å². The Hall–Kier alpha value is -1.49. The lowest BCUT2D eigenvalue weighted by atomic mass is 9.81. The standard InChI is InChI=1S/C15H19F2NO2/c1-15(2)6-5-11(8-19)18(9-15)14(20)12-7-10(16)3-4-13(12)17/h3-4,7,11,19H,5-6,8-9H2,1-2H3. The van der Waals surface area contributed by atoms with E-state index in [-0.39, 0.29) is 23.6 Å². The lowest BCUT2D eigenvalue weighted by molar-refractivity contribution is 0.0243. The van der Waals surface area contributed by atoms with Crippen LogP contribution in [0.2, 0.25) is 0 Å². The fourth-order valence-electron chi connectivity index (χ4n) is 2.63. The zero-order chi connectivity index (χ0) is 14.9. The number of carbonyl (C=O) groups excluding carboxylic acids is 1. The van der Waals surface area contributed by atoms with Gasteiger partial charge in [-0.15, -0.1) is 0 Å². The molecule has 0 radical (unpaired) electrons. The molecule has 0 aliphatic carbocycles. The van der Waals surface area contributed by atoms with E-state index in [9.17, 15) is 18.7 Å². The zero-order valence-electron chi connectivity index (χ0n) is 11.7. The molecule has 3 nitrogen and oxygen atoms in total. The van der Waals surface area contributed by atoms with Gasteiger partial charge in [-0.1, -0.05) is 13.8 Å². The number of hydrogen-bond acceptors (Lipinski definition) is 2. The van der Waals surface area contributed by atoms with Crippen LogP contribution in [0.3, 0.4) is 0 Å². The van der Waals surface area contributed by atoms with E-state index in [4.69, 9.17) is 0 Å². The molecule has 0 aromatic heterocycles. The van der Waals surface area contributed by atoms with Gasteiger partial charge in [-0.25, -0.2) is 8.78 Å². The molecular weight excluding hydrogens is 264 g/mol. The van der Waals surface area contributed by atoms with Gasteiger partial charge in [-0.05, 0) is 36.5 Å².